The van der Waals surface area contributed by atoms with Gasteiger partial charge in [-0.1, -0.05) is 6.92 Å². The van der Waals surface area contributed by atoms with Crippen LogP contribution in [0.5, 0.6) is 0 Å². The third kappa shape index (κ3) is 2.56. The third-order valence-corrected chi connectivity index (χ3v) is 5.03. The van der Waals surface area contributed by atoms with E-state index in [2.05, 4.69) is 22.4 Å². The maximum absolute atomic E-state index is 13.0. The number of hydrogen-bond donors (Lipinski definition) is 1. The Kier molecular flexibility index (Phi) is 3.71. The minimum absolute atomic E-state index is 0.0249. The van der Waals surface area contributed by atoms with Crippen molar-refractivity contribution in [3.8, 4) is 0 Å². The van der Waals surface area contributed by atoms with E-state index in [9.17, 15) is 13.2 Å². The summed E-state index contributed by atoms with van der Waals surface area (Å²) in [5, 5.41) is 11.8. The van der Waals surface area contributed by atoms with Gasteiger partial charge in [-0.25, -0.2) is 0 Å². The summed E-state index contributed by atoms with van der Waals surface area (Å²) in [7, 11) is 0. The SMILES string of the molecule is CCC1(c2nnc3n2CC(C(F)(F)F)CC3)CCCNC1. The van der Waals surface area contributed by atoms with Crippen LogP contribution in [0.25, 0.3) is 0 Å². The maximum Gasteiger partial charge on any atom is 0.393 e. The molecule has 0 aromatic carbocycles. The van der Waals surface area contributed by atoms with Crippen molar-refractivity contribution >= 4 is 0 Å². The predicted molar refractivity (Wildman–Crippen MR) is 72.0 cm³/mol. The van der Waals surface area contributed by atoms with Gasteiger partial charge in [0.05, 0.1) is 5.92 Å². The first-order chi connectivity index (χ1) is 9.96. The number of fused-ring (bicyclic) bond motifs is 1. The van der Waals surface area contributed by atoms with Gasteiger partial charge in [-0.05, 0) is 32.2 Å². The summed E-state index contributed by atoms with van der Waals surface area (Å²) in [6, 6.07) is 0. The van der Waals surface area contributed by atoms with Gasteiger partial charge in [-0.3, -0.25) is 0 Å². The minimum atomic E-state index is -4.14. The summed E-state index contributed by atoms with van der Waals surface area (Å²) in [6.07, 6.45) is -0.786. The lowest BCUT2D eigenvalue weighted by Gasteiger charge is -2.37. The molecule has 1 N–H and O–H groups in total. The number of alkyl halides is 3. The normalized spacial score (nSPS) is 30.2. The molecular weight excluding hydrogens is 281 g/mol. The van der Waals surface area contributed by atoms with Crippen LogP contribution in [0.15, 0.2) is 0 Å². The van der Waals surface area contributed by atoms with Crippen LogP contribution in [0, 0.1) is 5.92 Å². The van der Waals surface area contributed by atoms with E-state index in [4.69, 9.17) is 0 Å². The molecule has 118 valence electrons. The number of piperidine rings is 1. The lowest BCUT2D eigenvalue weighted by molar-refractivity contribution is -0.182. The Morgan fingerprint density at radius 3 is 2.81 bits per heavy atom. The molecule has 1 aromatic heterocycles. The van der Waals surface area contributed by atoms with Crippen molar-refractivity contribution in [2.75, 3.05) is 13.1 Å². The quantitative estimate of drug-likeness (QED) is 0.912. The molecule has 0 saturated carbocycles. The molecule has 2 unspecified atom stereocenters. The fourth-order valence-corrected chi connectivity index (χ4v) is 3.61. The Bertz CT molecular complexity index is 503. The fourth-order valence-electron chi connectivity index (χ4n) is 3.61. The molecule has 0 amide bonds. The Morgan fingerprint density at radius 2 is 2.19 bits per heavy atom. The first-order valence-electron chi connectivity index (χ1n) is 7.66. The van der Waals surface area contributed by atoms with Gasteiger partial charge >= 0.3 is 6.18 Å². The van der Waals surface area contributed by atoms with Crippen molar-refractivity contribution in [1.29, 1.82) is 0 Å². The largest absolute Gasteiger partial charge is 0.393 e. The van der Waals surface area contributed by atoms with Crippen LogP contribution in [0.2, 0.25) is 0 Å². The van der Waals surface area contributed by atoms with Crippen molar-refractivity contribution in [2.45, 2.75) is 57.2 Å². The van der Waals surface area contributed by atoms with Gasteiger partial charge in [-0.15, -0.1) is 10.2 Å². The molecule has 21 heavy (non-hydrogen) atoms. The Labute approximate surface area is 122 Å². The molecule has 0 spiro atoms. The molecule has 1 aromatic rings. The van der Waals surface area contributed by atoms with Gasteiger partial charge in [0.25, 0.3) is 0 Å². The average molecular weight is 302 g/mol. The number of hydrogen-bond acceptors (Lipinski definition) is 3. The number of halogens is 3. The highest BCUT2D eigenvalue weighted by Crippen LogP contribution is 2.38. The second-order valence-corrected chi connectivity index (χ2v) is 6.24. The predicted octanol–water partition coefficient (Wildman–Crippen LogP) is 2.43. The molecule has 2 aliphatic rings. The summed E-state index contributed by atoms with van der Waals surface area (Å²) in [5.41, 5.74) is -0.170. The van der Waals surface area contributed by atoms with E-state index in [1.165, 1.54) is 0 Å². The standard InChI is InChI=1S/C14H21F3N4/c1-2-13(6-3-7-18-9-13)12-20-19-11-5-4-10(8-21(11)12)14(15,16)17/h10,18H,2-9H2,1H3. The van der Waals surface area contributed by atoms with Gasteiger partial charge in [-0.2, -0.15) is 13.2 Å². The van der Waals surface area contributed by atoms with Crippen molar-refractivity contribution in [1.82, 2.24) is 20.1 Å². The van der Waals surface area contributed by atoms with Gasteiger partial charge < -0.3 is 9.88 Å². The van der Waals surface area contributed by atoms with E-state index >= 15 is 0 Å². The van der Waals surface area contributed by atoms with Crippen molar-refractivity contribution < 1.29 is 13.2 Å². The smallest absolute Gasteiger partial charge is 0.316 e. The summed E-state index contributed by atoms with van der Waals surface area (Å²) in [5.74, 6) is 0.190. The fraction of sp³-hybridized carbons (Fsp3) is 0.857. The Balaban J connectivity index is 1.94. The highest BCUT2D eigenvalue weighted by atomic mass is 19.4. The number of rotatable bonds is 2. The lowest BCUT2D eigenvalue weighted by atomic mass is 9.77. The number of nitrogens with one attached hydrogen (secondary N) is 1. The lowest BCUT2D eigenvalue weighted by Crippen LogP contribution is -2.45. The molecule has 0 aliphatic carbocycles. The van der Waals surface area contributed by atoms with Crippen LogP contribution in [-0.2, 0) is 18.4 Å². The number of aryl methyl sites for hydroxylation is 1. The van der Waals surface area contributed by atoms with Crippen LogP contribution in [0.4, 0.5) is 13.2 Å². The highest BCUT2D eigenvalue weighted by molar-refractivity contribution is 5.15. The highest BCUT2D eigenvalue weighted by Gasteiger charge is 2.45. The van der Waals surface area contributed by atoms with E-state index in [0.29, 0.717) is 12.2 Å². The van der Waals surface area contributed by atoms with Gasteiger partial charge in [0.2, 0.25) is 0 Å². The molecule has 3 heterocycles. The molecule has 7 heteroatoms. The monoisotopic (exact) mass is 302 g/mol. The summed E-state index contributed by atoms with van der Waals surface area (Å²) in [4.78, 5) is 0. The zero-order chi connectivity index (χ0) is 15.1. The second kappa shape index (κ2) is 5.26. The Morgan fingerprint density at radius 1 is 1.38 bits per heavy atom. The van der Waals surface area contributed by atoms with E-state index in [1.807, 2.05) is 0 Å². The van der Waals surface area contributed by atoms with Crippen molar-refractivity contribution in [2.24, 2.45) is 5.92 Å². The number of nitrogens with zero attached hydrogens (tertiary/aromatic N) is 3. The summed E-state index contributed by atoms with van der Waals surface area (Å²) < 4.78 is 40.8. The van der Waals surface area contributed by atoms with Crippen molar-refractivity contribution in [3.63, 3.8) is 0 Å². The van der Waals surface area contributed by atoms with E-state index in [1.54, 1.807) is 4.57 Å². The molecule has 4 nitrogen and oxygen atoms in total. The van der Waals surface area contributed by atoms with Crippen molar-refractivity contribution in [3.05, 3.63) is 11.6 Å². The molecule has 3 rings (SSSR count). The molecule has 0 radical (unpaired) electrons. The van der Waals surface area contributed by atoms with Crippen LogP contribution in [-0.4, -0.2) is 34.0 Å². The van der Waals surface area contributed by atoms with Gasteiger partial charge in [0.15, 0.2) is 0 Å². The van der Waals surface area contributed by atoms with Crippen LogP contribution in [0.3, 0.4) is 0 Å². The average Bonchev–Trinajstić information content (AvgIpc) is 2.90. The first-order valence-corrected chi connectivity index (χ1v) is 7.66. The molecular formula is C14H21F3N4. The van der Waals surface area contributed by atoms with E-state index < -0.39 is 12.1 Å². The van der Waals surface area contributed by atoms with E-state index in [-0.39, 0.29) is 18.4 Å². The maximum atomic E-state index is 13.0. The topological polar surface area (TPSA) is 42.7 Å². The zero-order valence-electron chi connectivity index (χ0n) is 12.2. The second-order valence-electron chi connectivity index (χ2n) is 6.24. The molecule has 0 bridgehead atoms. The summed E-state index contributed by atoms with van der Waals surface area (Å²) >= 11 is 0. The van der Waals surface area contributed by atoms with Crippen LogP contribution < -0.4 is 5.32 Å². The Hall–Kier alpha value is -1.11. The zero-order valence-corrected chi connectivity index (χ0v) is 12.2. The van der Waals surface area contributed by atoms with Crippen LogP contribution in [0.1, 0.15) is 44.3 Å². The third-order valence-electron chi connectivity index (χ3n) is 5.03. The molecule has 1 saturated heterocycles. The molecule has 1 fully saturated rings. The van der Waals surface area contributed by atoms with Gasteiger partial charge in [0, 0.05) is 24.9 Å². The number of aromatic nitrogens is 3. The van der Waals surface area contributed by atoms with E-state index in [0.717, 1.165) is 38.2 Å². The molecule has 2 aliphatic heterocycles. The minimum Gasteiger partial charge on any atom is -0.316 e. The van der Waals surface area contributed by atoms with Crippen LogP contribution >= 0.6 is 0 Å². The summed E-state index contributed by atoms with van der Waals surface area (Å²) in [6.45, 7) is 3.80. The molecule has 2 atom stereocenters. The van der Waals surface area contributed by atoms with Gasteiger partial charge in [0.1, 0.15) is 11.6 Å². The first kappa shape index (κ1) is 14.8.